The van der Waals surface area contributed by atoms with E-state index in [1.165, 1.54) is 24.5 Å². The van der Waals surface area contributed by atoms with E-state index in [4.69, 9.17) is 4.74 Å². The van der Waals surface area contributed by atoms with Crippen molar-refractivity contribution in [2.45, 2.75) is 0 Å². The Morgan fingerprint density at radius 3 is 2.57 bits per heavy atom. The number of carbonyl (C=O) groups is 1. The second kappa shape index (κ2) is 6.65. The summed E-state index contributed by atoms with van der Waals surface area (Å²) >= 11 is 0. The van der Waals surface area contributed by atoms with E-state index in [1.807, 2.05) is 14.1 Å². The van der Waals surface area contributed by atoms with E-state index in [0.29, 0.717) is 11.6 Å². The molecule has 6 nitrogen and oxygen atoms in total. The zero-order chi connectivity index (χ0) is 15.2. The lowest BCUT2D eigenvalue weighted by molar-refractivity contribution is -0.118. The second-order valence-electron chi connectivity index (χ2n) is 4.43. The molecule has 0 fully saturated rings. The molecule has 7 heteroatoms. The molecule has 0 bridgehead atoms. The van der Waals surface area contributed by atoms with E-state index < -0.39 is 11.7 Å². The quantitative estimate of drug-likeness (QED) is 0.907. The Balaban J connectivity index is 1.88. The lowest BCUT2D eigenvalue weighted by atomic mass is 10.3. The van der Waals surface area contributed by atoms with Crippen molar-refractivity contribution >= 4 is 17.5 Å². The fraction of sp³-hybridized carbons (Fsp3) is 0.214. The molecule has 2 aromatic rings. The number of rotatable bonds is 5. The molecule has 0 saturated carbocycles. The van der Waals surface area contributed by atoms with Crippen LogP contribution < -0.4 is 15.0 Å². The largest absolute Gasteiger partial charge is 0.481 e. The van der Waals surface area contributed by atoms with Gasteiger partial charge in [-0.15, -0.1) is 0 Å². The Kier molecular flexibility index (Phi) is 4.65. The van der Waals surface area contributed by atoms with Crippen LogP contribution in [0.15, 0.2) is 36.7 Å². The normalized spacial score (nSPS) is 10.0. The predicted octanol–water partition coefficient (Wildman–Crippen LogP) is 1.70. The average molecular weight is 290 g/mol. The maximum atomic E-state index is 13.3. The Bertz CT molecular complexity index is 617. The third-order valence-electron chi connectivity index (χ3n) is 2.52. The minimum Gasteiger partial charge on any atom is -0.481 e. The van der Waals surface area contributed by atoms with Gasteiger partial charge in [0.15, 0.2) is 18.2 Å². The average Bonchev–Trinajstić information content (AvgIpc) is 2.47. The molecule has 0 radical (unpaired) electrons. The first-order chi connectivity index (χ1) is 10.1. The SMILES string of the molecule is CN(C)c1ncc(NC(=O)COc2ccccc2F)cn1. The Morgan fingerprint density at radius 1 is 1.29 bits per heavy atom. The number of nitrogens with zero attached hydrogens (tertiary/aromatic N) is 3. The van der Waals surface area contributed by atoms with E-state index in [2.05, 4.69) is 15.3 Å². The number of anilines is 2. The van der Waals surface area contributed by atoms with Crippen LogP contribution in [0.4, 0.5) is 16.0 Å². The number of halogens is 1. The van der Waals surface area contributed by atoms with Crippen LogP contribution in [-0.2, 0) is 4.79 Å². The summed E-state index contributed by atoms with van der Waals surface area (Å²) < 4.78 is 18.4. The van der Waals surface area contributed by atoms with E-state index in [1.54, 1.807) is 17.0 Å². The number of aromatic nitrogens is 2. The molecule has 2 rings (SSSR count). The van der Waals surface area contributed by atoms with Crippen LogP contribution in [0.5, 0.6) is 5.75 Å². The van der Waals surface area contributed by atoms with Crippen LogP contribution in [0, 0.1) is 5.82 Å². The molecule has 21 heavy (non-hydrogen) atoms. The predicted molar refractivity (Wildman–Crippen MR) is 76.9 cm³/mol. The maximum Gasteiger partial charge on any atom is 0.262 e. The Labute approximate surface area is 121 Å². The summed E-state index contributed by atoms with van der Waals surface area (Å²) in [6, 6.07) is 5.90. The van der Waals surface area contributed by atoms with Gasteiger partial charge < -0.3 is 15.0 Å². The Hall–Kier alpha value is -2.70. The molecule has 0 aliphatic heterocycles. The molecule has 0 aliphatic rings. The number of hydrogen-bond donors (Lipinski definition) is 1. The summed E-state index contributed by atoms with van der Waals surface area (Å²) in [7, 11) is 3.63. The van der Waals surface area contributed by atoms with E-state index in [9.17, 15) is 9.18 Å². The van der Waals surface area contributed by atoms with Crippen molar-refractivity contribution in [2.75, 3.05) is 30.9 Å². The molecule has 1 amide bonds. The number of ether oxygens (including phenoxy) is 1. The van der Waals surface area contributed by atoms with Crippen molar-refractivity contribution < 1.29 is 13.9 Å². The van der Waals surface area contributed by atoms with Gasteiger partial charge in [-0.3, -0.25) is 4.79 Å². The van der Waals surface area contributed by atoms with Crippen molar-refractivity contribution in [3.05, 3.63) is 42.5 Å². The van der Waals surface area contributed by atoms with Gasteiger partial charge in [0.25, 0.3) is 5.91 Å². The highest BCUT2D eigenvalue weighted by Gasteiger charge is 2.07. The molecule has 1 aromatic heterocycles. The molecular weight excluding hydrogens is 275 g/mol. The van der Waals surface area contributed by atoms with Crippen molar-refractivity contribution in [2.24, 2.45) is 0 Å². The van der Waals surface area contributed by atoms with Gasteiger partial charge in [-0.1, -0.05) is 12.1 Å². The van der Waals surface area contributed by atoms with E-state index >= 15 is 0 Å². The van der Waals surface area contributed by atoms with E-state index in [-0.39, 0.29) is 12.4 Å². The van der Waals surface area contributed by atoms with Gasteiger partial charge in [-0.25, -0.2) is 14.4 Å². The van der Waals surface area contributed by atoms with Gasteiger partial charge in [0.2, 0.25) is 5.95 Å². The molecular formula is C14H15FN4O2. The molecule has 1 heterocycles. The smallest absolute Gasteiger partial charge is 0.262 e. The summed E-state index contributed by atoms with van der Waals surface area (Å²) in [5, 5.41) is 2.57. The van der Waals surface area contributed by atoms with Crippen molar-refractivity contribution in [3.8, 4) is 5.75 Å². The number of nitrogens with one attached hydrogen (secondary N) is 1. The number of hydrogen-bond acceptors (Lipinski definition) is 5. The summed E-state index contributed by atoms with van der Waals surface area (Å²) in [5.41, 5.74) is 0.447. The van der Waals surface area contributed by atoms with Crippen molar-refractivity contribution in [1.82, 2.24) is 9.97 Å². The zero-order valence-corrected chi connectivity index (χ0v) is 11.7. The highest BCUT2D eigenvalue weighted by Crippen LogP contribution is 2.15. The van der Waals surface area contributed by atoms with Gasteiger partial charge in [0, 0.05) is 14.1 Å². The molecule has 0 saturated heterocycles. The molecule has 0 spiro atoms. The number of para-hydroxylation sites is 1. The van der Waals surface area contributed by atoms with Gasteiger partial charge in [0.1, 0.15) is 0 Å². The topological polar surface area (TPSA) is 67.4 Å². The van der Waals surface area contributed by atoms with Crippen molar-refractivity contribution in [1.29, 1.82) is 0 Å². The fourth-order valence-corrected chi connectivity index (χ4v) is 1.52. The van der Waals surface area contributed by atoms with Crippen molar-refractivity contribution in [3.63, 3.8) is 0 Å². The monoisotopic (exact) mass is 290 g/mol. The van der Waals surface area contributed by atoms with Gasteiger partial charge in [-0.2, -0.15) is 0 Å². The highest BCUT2D eigenvalue weighted by atomic mass is 19.1. The number of benzene rings is 1. The first-order valence-corrected chi connectivity index (χ1v) is 6.23. The molecule has 0 atom stereocenters. The summed E-state index contributed by atoms with van der Waals surface area (Å²) in [5.74, 6) is -0.356. The van der Waals surface area contributed by atoms with Crippen LogP contribution in [-0.4, -0.2) is 36.6 Å². The summed E-state index contributed by atoms with van der Waals surface area (Å²) in [6.07, 6.45) is 2.98. The molecule has 0 aliphatic carbocycles. The number of carbonyl (C=O) groups excluding carboxylic acids is 1. The Morgan fingerprint density at radius 2 is 1.95 bits per heavy atom. The third kappa shape index (κ3) is 4.13. The summed E-state index contributed by atoms with van der Waals surface area (Å²) in [6.45, 7) is -0.295. The van der Waals surface area contributed by atoms with Gasteiger partial charge in [0.05, 0.1) is 18.1 Å². The fourth-order valence-electron chi connectivity index (χ4n) is 1.52. The van der Waals surface area contributed by atoms with Crippen LogP contribution >= 0.6 is 0 Å². The lowest BCUT2D eigenvalue weighted by Gasteiger charge is -2.10. The molecule has 1 N–H and O–H groups in total. The third-order valence-corrected chi connectivity index (χ3v) is 2.52. The minimum atomic E-state index is -0.510. The van der Waals surface area contributed by atoms with Gasteiger partial charge in [-0.05, 0) is 12.1 Å². The second-order valence-corrected chi connectivity index (χ2v) is 4.43. The molecule has 1 aromatic carbocycles. The minimum absolute atomic E-state index is 0.0341. The van der Waals surface area contributed by atoms with Crippen LogP contribution in [0.1, 0.15) is 0 Å². The first-order valence-electron chi connectivity index (χ1n) is 6.23. The maximum absolute atomic E-state index is 13.3. The van der Waals surface area contributed by atoms with Crippen LogP contribution in [0.3, 0.4) is 0 Å². The lowest BCUT2D eigenvalue weighted by Crippen LogP contribution is -2.21. The summed E-state index contributed by atoms with van der Waals surface area (Å²) in [4.78, 5) is 21.6. The standard InChI is InChI=1S/C14H15FN4O2/c1-19(2)14-16-7-10(8-17-14)18-13(20)9-21-12-6-4-3-5-11(12)15/h3-8H,9H2,1-2H3,(H,18,20). The van der Waals surface area contributed by atoms with Crippen LogP contribution in [0.2, 0.25) is 0 Å². The van der Waals surface area contributed by atoms with E-state index in [0.717, 1.165) is 0 Å². The van der Waals surface area contributed by atoms with Gasteiger partial charge >= 0.3 is 0 Å². The highest BCUT2D eigenvalue weighted by molar-refractivity contribution is 5.91. The molecule has 110 valence electrons. The zero-order valence-electron chi connectivity index (χ0n) is 11.7. The van der Waals surface area contributed by atoms with Crippen LogP contribution in [0.25, 0.3) is 0 Å². The number of amides is 1. The molecule has 0 unspecified atom stereocenters. The first kappa shape index (κ1) is 14.7.